The second-order valence-electron chi connectivity index (χ2n) is 9.70. The number of ether oxygens (including phenoxy) is 1. The van der Waals surface area contributed by atoms with E-state index in [-0.39, 0.29) is 18.0 Å². The fourth-order valence-electron chi connectivity index (χ4n) is 4.84. The molecule has 37 heavy (non-hydrogen) atoms. The van der Waals surface area contributed by atoms with Crippen molar-refractivity contribution >= 4 is 40.2 Å². The lowest BCUT2D eigenvalue weighted by Gasteiger charge is -2.33. The molecule has 2 fully saturated rings. The molecule has 1 aliphatic carbocycles. The number of hydrogen-bond donors (Lipinski definition) is 3. The number of nitriles is 1. The van der Waals surface area contributed by atoms with E-state index in [9.17, 15) is 10.1 Å². The molecule has 3 aromatic rings. The van der Waals surface area contributed by atoms with Gasteiger partial charge in [0, 0.05) is 41.6 Å². The van der Waals surface area contributed by atoms with Gasteiger partial charge in [0.1, 0.15) is 11.3 Å². The molecule has 3 aromatic heterocycles. The molecule has 1 saturated carbocycles. The van der Waals surface area contributed by atoms with Crippen LogP contribution in [0.4, 0.5) is 11.8 Å². The highest BCUT2D eigenvalue weighted by Gasteiger charge is 2.28. The Bertz CT molecular complexity index is 1290. The predicted molar refractivity (Wildman–Crippen MR) is 140 cm³/mol. The van der Waals surface area contributed by atoms with E-state index >= 15 is 0 Å². The summed E-state index contributed by atoms with van der Waals surface area (Å²) >= 11 is 6.21. The molecule has 0 radical (unpaired) electrons. The van der Waals surface area contributed by atoms with Crippen molar-refractivity contribution in [1.82, 2.24) is 25.3 Å². The van der Waals surface area contributed by atoms with Crippen LogP contribution in [0.2, 0.25) is 5.15 Å². The van der Waals surface area contributed by atoms with E-state index in [2.05, 4.69) is 42.8 Å². The maximum atomic E-state index is 12.4. The summed E-state index contributed by atoms with van der Waals surface area (Å²) in [6.45, 7) is 3.10. The molecule has 2 aliphatic rings. The Kier molecular flexibility index (Phi) is 7.63. The topological polar surface area (TPSA) is 138 Å². The van der Waals surface area contributed by atoms with Crippen LogP contribution in [-0.4, -0.2) is 57.2 Å². The van der Waals surface area contributed by atoms with Crippen LogP contribution in [0.15, 0.2) is 36.8 Å². The number of fused-ring (bicyclic) bond motifs is 1. The SMILES string of the molecule is C[C@H](Nc1ncc(C(C#N)C(=O)NC2COC2)cn1)C1CCC(Nc2ccc3ccnc(Cl)c3n2)CC1. The number of rotatable bonds is 8. The van der Waals surface area contributed by atoms with Gasteiger partial charge in [0.2, 0.25) is 11.9 Å². The van der Waals surface area contributed by atoms with Crippen molar-refractivity contribution in [2.75, 3.05) is 23.8 Å². The molecule has 5 rings (SSSR count). The van der Waals surface area contributed by atoms with E-state index in [1.807, 2.05) is 24.3 Å². The van der Waals surface area contributed by atoms with E-state index < -0.39 is 5.92 Å². The van der Waals surface area contributed by atoms with Crippen molar-refractivity contribution in [3.8, 4) is 6.07 Å². The quantitative estimate of drug-likeness (QED) is 0.380. The van der Waals surface area contributed by atoms with Gasteiger partial charge in [-0.2, -0.15) is 5.26 Å². The summed E-state index contributed by atoms with van der Waals surface area (Å²) in [5, 5.41) is 20.6. The van der Waals surface area contributed by atoms with Gasteiger partial charge in [0.25, 0.3) is 0 Å². The molecule has 10 nitrogen and oxygen atoms in total. The molecule has 2 atom stereocenters. The Hall–Kier alpha value is -3.55. The molecule has 1 saturated heterocycles. The van der Waals surface area contributed by atoms with Crippen molar-refractivity contribution in [2.24, 2.45) is 5.92 Å². The molecule has 4 heterocycles. The average Bonchev–Trinajstić information content (AvgIpc) is 2.88. The molecule has 1 aliphatic heterocycles. The van der Waals surface area contributed by atoms with Gasteiger partial charge in [0.15, 0.2) is 11.1 Å². The maximum Gasteiger partial charge on any atom is 0.242 e. The van der Waals surface area contributed by atoms with Gasteiger partial charge >= 0.3 is 0 Å². The van der Waals surface area contributed by atoms with E-state index in [1.54, 1.807) is 18.6 Å². The number of pyridine rings is 2. The van der Waals surface area contributed by atoms with Crippen LogP contribution < -0.4 is 16.0 Å². The zero-order valence-corrected chi connectivity index (χ0v) is 21.3. The van der Waals surface area contributed by atoms with Crippen LogP contribution in [0, 0.1) is 17.2 Å². The number of anilines is 2. The van der Waals surface area contributed by atoms with Crippen molar-refractivity contribution in [3.63, 3.8) is 0 Å². The third-order valence-corrected chi connectivity index (χ3v) is 7.41. The lowest BCUT2D eigenvalue weighted by atomic mass is 9.82. The van der Waals surface area contributed by atoms with Crippen LogP contribution in [-0.2, 0) is 9.53 Å². The van der Waals surface area contributed by atoms with E-state index in [4.69, 9.17) is 16.3 Å². The first-order valence-electron chi connectivity index (χ1n) is 12.5. The standard InChI is InChI=1S/C26H29ClN8O2/c1-15(32-26-30-11-18(12-31-26)21(10-28)25(36)34-20-13-37-14-20)16-2-5-19(6-3-16)33-22-7-4-17-8-9-29-24(27)23(17)35-22/h4,7-9,11-12,15-16,19-21H,2-3,5-6,13-14H2,1H3,(H,33,35)(H,34,36)(H,30,31,32)/t15-,16?,19?,21?/m0/s1. The van der Waals surface area contributed by atoms with Gasteiger partial charge in [-0.3, -0.25) is 4.79 Å². The lowest BCUT2D eigenvalue weighted by molar-refractivity contribution is -0.125. The first kappa shape index (κ1) is 25.1. The van der Waals surface area contributed by atoms with Crippen molar-refractivity contribution in [3.05, 3.63) is 47.5 Å². The van der Waals surface area contributed by atoms with Crippen LogP contribution in [0.5, 0.6) is 0 Å². The lowest BCUT2D eigenvalue weighted by Crippen LogP contribution is -2.49. The minimum atomic E-state index is -0.945. The molecular formula is C26H29ClN8O2. The van der Waals surface area contributed by atoms with Gasteiger partial charge in [-0.05, 0) is 56.7 Å². The second-order valence-corrected chi connectivity index (χ2v) is 10.1. The summed E-state index contributed by atoms with van der Waals surface area (Å²) in [5.74, 6) is 0.492. The number of carbonyl (C=O) groups excluding carboxylic acids is 1. The summed E-state index contributed by atoms with van der Waals surface area (Å²) < 4.78 is 5.06. The number of aromatic nitrogens is 4. The van der Waals surface area contributed by atoms with Gasteiger partial charge in [0.05, 0.1) is 25.3 Å². The van der Waals surface area contributed by atoms with Gasteiger partial charge < -0.3 is 20.7 Å². The fourth-order valence-corrected chi connectivity index (χ4v) is 5.05. The van der Waals surface area contributed by atoms with Gasteiger partial charge in [-0.15, -0.1) is 0 Å². The fraction of sp³-hybridized carbons (Fsp3) is 0.462. The van der Waals surface area contributed by atoms with Crippen molar-refractivity contribution < 1.29 is 9.53 Å². The highest BCUT2D eigenvalue weighted by atomic mass is 35.5. The highest BCUT2D eigenvalue weighted by Crippen LogP contribution is 2.30. The molecule has 1 unspecified atom stereocenters. The Labute approximate surface area is 220 Å². The predicted octanol–water partition coefficient (Wildman–Crippen LogP) is 3.67. The number of hydrogen-bond acceptors (Lipinski definition) is 9. The minimum absolute atomic E-state index is 0.0315. The molecular weight excluding hydrogens is 492 g/mol. The van der Waals surface area contributed by atoms with Crippen LogP contribution in [0.25, 0.3) is 10.9 Å². The number of carbonyl (C=O) groups is 1. The summed E-state index contributed by atoms with van der Waals surface area (Å²) in [5.41, 5.74) is 1.19. The third-order valence-electron chi connectivity index (χ3n) is 7.13. The normalized spacial score (nSPS) is 21.3. The Morgan fingerprint density at radius 3 is 2.54 bits per heavy atom. The number of nitrogens with zero attached hydrogens (tertiary/aromatic N) is 5. The summed E-state index contributed by atoms with van der Waals surface area (Å²) in [6, 6.07) is 8.44. The van der Waals surface area contributed by atoms with Gasteiger partial charge in [-0.25, -0.2) is 19.9 Å². The largest absolute Gasteiger partial charge is 0.377 e. The second kappa shape index (κ2) is 11.2. The zero-order chi connectivity index (χ0) is 25.8. The van der Waals surface area contributed by atoms with Crippen LogP contribution >= 0.6 is 11.6 Å². The molecule has 3 N–H and O–H groups in total. The number of halogens is 1. The molecule has 11 heteroatoms. The Morgan fingerprint density at radius 1 is 1.11 bits per heavy atom. The Balaban J connectivity index is 1.11. The molecule has 0 spiro atoms. The first-order valence-corrected chi connectivity index (χ1v) is 12.9. The van der Waals surface area contributed by atoms with Gasteiger partial charge in [-0.1, -0.05) is 11.6 Å². The number of nitrogens with one attached hydrogen (secondary N) is 3. The molecule has 192 valence electrons. The third kappa shape index (κ3) is 5.89. The summed E-state index contributed by atoms with van der Waals surface area (Å²) in [4.78, 5) is 29.9. The summed E-state index contributed by atoms with van der Waals surface area (Å²) in [7, 11) is 0. The number of amides is 1. The highest BCUT2D eigenvalue weighted by molar-refractivity contribution is 6.33. The zero-order valence-electron chi connectivity index (χ0n) is 20.5. The molecule has 0 bridgehead atoms. The van der Waals surface area contributed by atoms with E-state index in [1.165, 1.54) is 0 Å². The Morgan fingerprint density at radius 2 is 1.86 bits per heavy atom. The summed E-state index contributed by atoms with van der Waals surface area (Å²) in [6.07, 6.45) is 8.95. The van der Waals surface area contributed by atoms with Crippen LogP contribution in [0.3, 0.4) is 0 Å². The van der Waals surface area contributed by atoms with E-state index in [0.717, 1.165) is 36.9 Å². The van der Waals surface area contributed by atoms with E-state index in [0.29, 0.717) is 47.4 Å². The molecule has 0 aromatic carbocycles. The average molecular weight is 521 g/mol. The van der Waals surface area contributed by atoms with Crippen molar-refractivity contribution in [2.45, 2.75) is 56.7 Å². The smallest absolute Gasteiger partial charge is 0.242 e. The maximum absolute atomic E-state index is 12.4. The minimum Gasteiger partial charge on any atom is -0.377 e. The first-order chi connectivity index (χ1) is 18.0. The van der Waals surface area contributed by atoms with Crippen LogP contribution in [0.1, 0.15) is 44.1 Å². The monoisotopic (exact) mass is 520 g/mol. The molecule has 1 amide bonds. The van der Waals surface area contributed by atoms with Crippen molar-refractivity contribution in [1.29, 1.82) is 5.26 Å².